The summed E-state index contributed by atoms with van der Waals surface area (Å²) >= 11 is 0. The van der Waals surface area contributed by atoms with Gasteiger partial charge in [-0.25, -0.2) is 4.57 Å². The standard InChI is InChI=1S/C38H67O13P/c1-3-5-7-9-11-13-14-15-16-17-18-19-21-22-24-26-31(39)48-28-30(50-32(40)27-25-23-20-12-10-8-6-4-2)29-49-52(46,47)51-38-36(44)34(42)33(41)35(43)37(38)45/h5,7,11,13,15-16,30,33-38,41-45H,3-4,6,8-10,12,14,17-29H2,1-2H3,(H,46,47)/b7-5+,13-11+,16-15+/t30-,33?,34-,35?,36?,37?,38?/m0/s1. The van der Waals surface area contributed by atoms with Crippen LogP contribution in [0.25, 0.3) is 0 Å². The Bertz CT molecular complexity index is 1070. The van der Waals surface area contributed by atoms with Gasteiger partial charge in [-0.3, -0.25) is 18.6 Å². The van der Waals surface area contributed by atoms with Gasteiger partial charge in [0, 0.05) is 12.8 Å². The molecule has 0 aromatic rings. The minimum Gasteiger partial charge on any atom is -0.462 e. The lowest BCUT2D eigenvalue weighted by Gasteiger charge is -2.41. The van der Waals surface area contributed by atoms with Crippen molar-refractivity contribution in [3.8, 4) is 0 Å². The van der Waals surface area contributed by atoms with E-state index in [9.17, 15) is 44.6 Å². The molecule has 1 fully saturated rings. The molecular weight excluding hydrogens is 695 g/mol. The predicted octanol–water partition coefficient (Wildman–Crippen LogP) is 5.88. The van der Waals surface area contributed by atoms with E-state index in [1.807, 2.05) is 0 Å². The lowest BCUT2D eigenvalue weighted by Crippen LogP contribution is -2.64. The van der Waals surface area contributed by atoms with Gasteiger partial charge in [0.15, 0.2) is 6.10 Å². The summed E-state index contributed by atoms with van der Waals surface area (Å²) in [7, 11) is -5.11. The summed E-state index contributed by atoms with van der Waals surface area (Å²) in [5.74, 6) is -1.13. The molecule has 14 heteroatoms. The maximum Gasteiger partial charge on any atom is 0.472 e. The number of rotatable bonds is 30. The number of hydrogen-bond donors (Lipinski definition) is 6. The van der Waals surface area contributed by atoms with Crippen LogP contribution in [-0.2, 0) is 32.7 Å². The van der Waals surface area contributed by atoms with Crippen molar-refractivity contribution < 1.29 is 63.1 Å². The van der Waals surface area contributed by atoms with Gasteiger partial charge in [-0.1, -0.05) is 115 Å². The molecule has 1 rings (SSSR count). The van der Waals surface area contributed by atoms with Crippen LogP contribution < -0.4 is 0 Å². The average molecular weight is 763 g/mol. The van der Waals surface area contributed by atoms with E-state index in [1.54, 1.807) is 0 Å². The van der Waals surface area contributed by atoms with Gasteiger partial charge in [-0.2, -0.15) is 0 Å². The Hall–Kier alpha value is -1.93. The molecule has 0 aliphatic heterocycles. The Labute approximate surface area is 310 Å². The van der Waals surface area contributed by atoms with Gasteiger partial charge in [0.05, 0.1) is 6.61 Å². The predicted molar refractivity (Wildman–Crippen MR) is 198 cm³/mol. The number of unbranched alkanes of at least 4 members (excludes halogenated alkanes) is 12. The number of hydrogen-bond acceptors (Lipinski definition) is 12. The quantitative estimate of drug-likeness (QED) is 0.0219. The second kappa shape index (κ2) is 29.4. The molecule has 8 atom stereocenters. The van der Waals surface area contributed by atoms with Gasteiger partial charge in [0.25, 0.3) is 0 Å². The summed E-state index contributed by atoms with van der Waals surface area (Å²) in [6, 6.07) is 0. The maximum atomic E-state index is 12.7. The van der Waals surface area contributed by atoms with Crippen LogP contribution in [-0.4, -0.2) is 98.3 Å². The number of ether oxygens (including phenoxy) is 2. The molecular formula is C38H67O13P. The van der Waals surface area contributed by atoms with Crippen LogP contribution >= 0.6 is 7.82 Å². The smallest absolute Gasteiger partial charge is 0.462 e. The molecule has 0 amide bonds. The molecule has 0 heterocycles. The SMILES string of the molecule is CC/C=C/C/C=C/C/C=C/CCCCCCCC(=O)OC[C@@H](COP(=O)(O)OC1C(O)C(O)C(O)[C@H](O)C1O)OC(=O)CCCCCCCCCC. The molecule has 6 unspecified atom stereocenters. The van der Waals surface area contributed by atoms with E-state index >= 15 is 0 Å². The van der Waals surface area contributed by atoms with Crippen molar-refractivity contribution >= 4 is 19.8 Å². The first-order valence-electron chi connectivity index (χ1n) is 19.3. The first-order chi connectivity index (χ1) is 24.9. The lowest BCUT2D eigenvalue weighted by atomic mass is 9.85. The Morgan fingerprint density at radius 2 is 1.10 bits per heavy atom. The molecule has 0 aromatic carbocycles. The van der Waals surface area contributed by atoms with Crippen LogP contribution in [0.1, 0.15) is 136 Å². The highest BCUT2D eigenvalue weighted by Crippen LogP contribution is 2.47. The van der Waals surface area contributed by atoms with Gasteiger partial charge < -0.3 is 39.9 Å². The fraction of sp³-hybridized carbons (Fsp3) is 0.789. The molecule has 52 heavy (non-hydrogen) atoms. The molecule has 13 nitrogen and oxygen atoms in total. The monoisotopic (exact) mass is 762 g/mol. The Morgan fingerprint density at radius 3 is 1.67 bits per heavy atom. The van der Waals surface area contributed by atoms with E-state index in [1.165, 1.54) is 19.3 Å². The van der Waals surface area contributed by atoms with Gasteiger partial charge in [0.1, 0.15) is 43.2 Å². The first kappa shape index (κ1) is 48.1. The summed E-state index contributed by atoms with van der Waals surface area (Å²) in [6.07, 6.45) is 16.7. The fourth-order valence-corrected chi connectivity index (χ4v) is 6.57. The van der Waals surface area contributed by atoms with E-state index < -0.39 is 75.7 Å². The lowest BCUT2D eigenvalue weighted by molar-refractivity contribution is -0.220. The second-order valence-corrected chi connectivity index (χ2v) is 14.8. The molecule has 1 aliphatic carbocycles. The highest BCUT2D eigenvalue weighted by atomic mass is 31.2. The van der Waals surface area contributed by atoms with E-state index in [2.05, 4.69) is 50.3 Å². The van der Waals surface area contributed by atoms with Crippen LogP contribution in [0.3, 0.4) is 0 Å². The summed E-state index contributed by atoms with van der Waals surface area (Å²) in [5, 5.41) is 49.8. The van der Waals surface area contributed by atoms with E-state index in [0.29, 0.717) is 12.8 Å². The van der Waals surface area contributed by atoms with Crippen LogP contribution in [0, 0.1) is 0 Å². The largest absolute Gasteiger partial charge is 0.472 e. The van der Waals surface area contributed by atoms with Crippen LogP contribution in [0.5, 0.6) is 0 Å². The normalized spacial score (nSPS) is 24.1. The van der Waals surface area contributed by atoms with Crippen LogP contribution in [0.4, 0.5) is 0 Å². The number of phosphoric acid groups is 1. The summed E-state index contributed by atoms with van der Waals surface area (Å²) in [5.41, 5.74) is 0. The van der Waals surface area contributed by atoms with E-state index in [0.717, 1.165) is 77.0 Å². The number of carbonyl (C=O) groups is 2. The minimum atomic E-state index is -5.11. The molecule has 6 N–H and O–H groups in total. The Balaban J connectivity index is 2.52. The zero-order valence-corrected chi connectivity index (χ0v) is 32.2. The van der Waals surface area contributed by atoms with Crippen molar-refractivity contribution in [2.45, 2.75) is 179 Å². The summed E-state index contributed by atoms with van der Waals surface area (Å²) in [6.45, 7) is 3.09. The first-order valence-corrected chi connectivity index (χ1v) is 20.8. The highest BCUT2D eigenvalue weighted by Gasteiger charge is 2.51. The third-order valence-electron chi connectivity index (χ3n) is 8.75. The van der Waals surface area contributed by atoms with E-state index in [-0.39, 0.29) is 12.8 Å². The zero-order valence-electron chi connectivity index (χ0n) is 31.3. The molecule has 0 bridgehead atoms. The average Bonchev–Trinajstić information content (AvgIpc) is 3.12. The van der Waals surface area contributed by atoms with Crippen molar-refractivity contribution in [1.29, 1.82) is 0 Å². The van der Waals surface area contributed by atoms with Crippen LogP contribution in [0.2, 0.25) is 0 Å². The Kier molecular flexibility index (Phi) is 27.2. The van der Waals surface area contributed by atoms with Crippen molar-refractivity contribution in [2.24, 2.45) is 0 Å². The van der Waals surface area contributed by atoms with Crippen molar-refractivity contribution in [2.75, 3.05) is 13.2 Å². The van der Waals surface area contributed by atoms with Gasteiger partial charge in [-0.15, -0.1) is 0 Å². The maximum absolute atomic E-state index is 12.7. The number of aliphatic hydroxyl groups excluding tert-OH is 5. The number of allylic oxidation sites excluding steroid dienone is 6. The number of esters is 2. The topological polar surface area (TPSA) is 210 Å². The third kappa shape index (κ3) is 22.3. The molecule has 0 radical (unpaired) electrons. The number of phosphoric ester groups is 1. The van der Waals surface area contributed by atoms with Crippen LogP contribution in [0.15, 0.2) is 36.5 Å². The molecule has 1 aliphatic rings. The summed E-state index contributed by atoms with van der Waals surface area (Å²) < 4.78 is 33.2. The van der Waals surface area contributed by atoms with Gasteiger partial charge in [0.2, 0.25) is 0 Å². The number of aliphatic hydroxyl groups is 5. The number of carbonyl (C=O) groups excluding carboxylic acids is 2. The van der Waals surface area contributed by atoms with Crippen molar-refractivity contribution in [3.63, 3.8) is 0 Å². The fourth-order valence-electron chi connectivity index (χ4n) is 5.59. The van der Waals surface area contributed by atoms with Gasteiger partial charge in [-0.05, 0) is 44.9 Å². The van der Waals surface area contributed by atoms with Crippen molar-refractivity contribution in [3.05, 3.63) is 36.5 Å². The molecule has 1 saturated carbocycles. The summed E-state index contributed by atoms with van der Waals surface area (Å²) in [4.78, 5) is 35.3. The third-order valence-corrected chi connectivity index (χ3v) is 9.73. The molecule has 0 spiro atoms. The molecule has 0 aromatic heterocycles. The van der Waals surface area contributed by atoms with Gasteiger partial charge >= 0.3 is 19.8 Å². The second-order valence-electron chi connectivity index (χ2n) is 13.4. The van der Waals surface area contributed by atoms with E-state index in [4.69, 9.17) is 18.5 Å². The van der Waals surface area contributed by atoms with Crippen molar-refractivity contribution in [1.82, 2.24) is 0 Å². The zero-order chi connectivity index (χ0) is 38.6. The molecule has 302 valence electrons. The minimum absolute atomic E-state index is 0.0923. The highest BCUT2D eigenvalue weighted by molar-refractivity contribution is 7.47. The molecule has 0 saturated heterocycles. The Morgan fingerprint density at radius 1 is 0.615 bits per heavy atom.